The van der Waals surface area contributed by atoms with Crippen molar-refractivity contribution < 1.29 is 9.53 Å². The Balaban J connectivity index is 1.72. The zero-order chi connectivity index (χ0) is 17.9. The molecule has 0 saturated carbocycles. The zero-order valence-electron chi connectivity index (χ0n) is 14.5. The second-order valence-electron chi connectivity index (χ2n) is 6.71. The number of nitrogens with zero attached hydrogens (tertiary/aromatic N) is 2. The van der Waals surface area contributed by atoms with E-state index in [9.17, 15) is 4.79 Å². The van der Waals surface area contributed by atoms with E-state index in [0.717, 1.165) is 24.5 Å². The van der Waals surface area contributed by atoms with Crippen LogP contribution in [0.5, 0.6) is 0 Å². The number of carbonyl (C=O) groups is 1. The molecule has 1 amide bonds. The standard InChI is InChI=1S/C20H21N3O2/c1-20(2)14-25-11-10-23(20)18-8-6-17(7-9-18)22-19(24)16-5-3-4-15(12-16)13-21/h3-9,12H,10-11,14H2,1-2H3,(H,22,24). The molecule has 1 aliphatic rings. The summed E-state index contributed by atoms with van der Waals surface area (Å²) in [6.07, 6.45) is 0. The van der Waals surface area contributed by atoms with Crippen molar-refractivity contribution in [1.29, 1.82) is 5.26 Å². The van der Waals surface area contributed by atoms with Crippen LogP contribution in [0.2, 0.25) is 0 Å². The van der Waals surface area contributed by atoms with Gasteiger partial charge >= 0.3 is 0 Å². The first-order chi connectivity index (χ1) is 12.0. The molecule has 1 fully saturated rings. The minimum absolute atomic E-state index is 0.0548. The summed E-state index contributed by atoms with van der Waals surface area (Å²) in [5.41, 5.74) is 2.72. The van der Waals surface area contributed by atoms with Crippen LogP contribution in [0.15, 0.2) is 48.5 Å². The Hall–Kier alpha value is -2.84. The van der Waals surface area contributed by atoms with Crippen molar-refractivity contribution >= 4 is 17.3 Å². The number of amides is 1. The second kappa shape index (κ2) is 6.96. The Labute approximate surface area is 147 Å². The normalized spacial score (nSPS) is 16.1. The van der Waals surface area contributed by atoms with Crippen molar-refractivity contribution in [3.63, 3.8) is 0 Å². The third-order valence-corrected chi connectivity index (χ3v) is 4.34. The molecule has 25 heavy (non-hydrogen) atoms. The van der Waals surface area contributed by atoms with Crippen LogP contribution in [0, 0.1) is 11.3 Å². The summed E-state index contributed by atoms with van der Waals surface area (Å²) in [6.45, 7) is 6.57. The number of nitriles is 1. The van der Waals surface area contributed by atoms with Crippen molar-refractivity contribution in [2.75, 3.05) is 30.0 Å². The van der Waals surface area contributed by atoms with Gasteiger partial charge in [-0.2, -0.15) is 5.26 Å². The lowest BCUT2D eigenvalue weighted by molar-refractivity contribution is 0.0644. The van der Waals surface area contributed by atoms with E-state index in [-0.39, 0.29) is 11.4 Å². The smallest absolute Gasteiger partial charge is 0.255 e. The number of rotatable bonds is 3. The summed E-state index contributed by atoms with van der Waals surface area (Å²) in [4.78, 5) is 14.6. The third-order valence-electron chi connectivity index (χ3n) is 4.34. The summed E-state index contributed by atoms with van der Waals surface area (Å²) in [5, 5.41) is 11.8. The molecule has 0 unspecified atom stereocenters. The van der Waals surface area contributed by atoms with Gasteiger partial charge in [0.25, 0.3) is 5.91 Å². The summed E-state index contributed by atoms with van der Waals surface area (Å²) < 4.78 is 5.56. The Kier molecular flexibility index (Phi) is 4.73. The maximum absolute atomic E-state index is 12.3. The van der Waals surface area contributed by atoms with E-state index in [1.807, 2.05) is 30.3 Å². The fraction of sp³-hybridized carbons (Fsp3) is 0.300. The molecule has 128 valence electrons. The molecular weight excluding hydrogens is 314 g/mol. The lowest BCUT2D eigenvalue weighted by Crippen LogP contribution is -2.53. The highest BCUT2D eigenvalue weighted by Gasteiger charge is 2.30. The monoisotopic (exact) mass is 335 g/mol. The molecule has 1 N–H and O–H groups in total. The summed E-state index contributed by atoms with van der Waals surface area (Å²) >= 11 is 0. The van der Waals surface area contributed by atoms with Gasteiger partial charge in [0, 0.05) is 23.5 Å². The number of hydrogen-bond donors (Lipinski definition) is 1. The molecule has 3 rings (SSSR count). The molecule has 1 saturated heterocycles. The Morgan fingerprint density at radius 3 is 2.68 bits per heavy atom. The minimum atomic E-state index is -0.225. The number of carbonyl (C=O) groups excluding carboxylic acids is 1. The van der Waals surface area contributed by atoms with Crippen LogP contribution >= 0.6 is 0 Å². The van der Waals surface area contributed by atoms with E-state index in [0.29, 0.717) is 17.7 Å². The molecule has 5 heteroatoms. The lowest BCUT2D eigenvalue weighted by Gasteiger charge is -2.43. The molecule has 0 radical (unpaired) electrons. The van der Waals surface area contributed by atoms with Crippen LogP contribution in [0.3, 0.4) is 0 Å². The van der Waals surface area contributed by atoms with Crippen LogP contribution in [-0.4, -0.2) is 31.2 Å². The van der Waals surface area contributed by atoms with Crippen LogP contribution in [0.4, 0.5) is 11.4 Å². The molecule has 0 aliphatic carbocycles. The van der Waals surface area contributed by atoms with Crippen molar-refractivity contribution in [1.82, 2.24) is 0 Å². The molecule has 0 bridgehead atoms. The van der Waals surface area contributed by atoms with E-state index in [4.69, 9.17) is 10.00 Å². The third kappa shape index (κ3) is 3.81. The van der Waals surface area contributed by atoms with Crippen molar-refractivity contribution in [3.05, 3.63) is 59.7 Å². The fourth-order valence-corrected chi connectivity index (χ4v) is 2.99. The summed E-state index contributed by atoms with van der Waals surface area (Å²) in [7, 11) is 0. The summed E-state index contributed by atoms with van der Waals surface area (Å²) in [5.74, 6) is -0.225. The van der Waals surface area contributed by atoms with E-state index in [1.165, 1.54) is 0 Å². The van der Waals surface area contributed by atoms with Gasteiger partial charge in [-0.3, -0.25) is 4.79 Å². The van der Waals surface area contributed by atoms with Crippen LogP contribution in [-0.2, 0) is 4.74 Å². The predicted molar refractivity (Wildman–Crippen MR) is 97.8 cm³/mol. The molecule has 5 nitrogen and oxygen atoms in total. The topological polar surface area (TPSA) is 65.4 Å². The number of hydrogen-bond acceptors (Lipinski definition) is 4. The van der Waals surface area contributed by atoms with Crippen LogP contribution in [0.1, 0.15) is 29.8 Å². The average molecular weight is 335 g/mol. The van der Waals surface area contributed by atoms with Crippen LogP contribution < -0.4 is 10.2 Å². The van der Waals surface area contributed by atoms with Gasteiger partial charge in [0.1, 0.15) is 0 Å². The van der Waals surface area contributed by atoms with E-state index in [1.54, 1.807) is 24.3 Å². The maximum atomic E-state index is 12.3. The molecule has 2 aromatic carbocycles. The molecule has 0 spiro atoms. The highest BCUT2D eigenvalue weighted by molar-refractivity contribution is 6.04. The Bertz CT molecular complexity index is 806. The molecule has 1 aliphatic heterocycles. The zero-order valence-corrected chi connectivity index (χ0v) is 14.5. The first-order valence-corrected chi connectivity index (χ1v) is 8.26. The maximum Gasteiger partial charge on any atom is 0.255 e. The number of benzene rings is 2. The number of ether oxygens (including phenoxy) is 1. The number of morpholine rings is 1. The van der Waals surface area contributed by atoms with Gasteiger partial charge in [0.15, 0.2) is 0 Å². The van der Waals surface area contributed by atoms with E-state index < -0.39 is 0 Å². The predicted octanol–water partition coefficient (Wildman–Crippen LogP) is 3.43. The second-order valence-corrected chi connectivity index (χ2v) is 6.71. The van der Waals surface area contributed by atoms with Gasteiger partial charge in [-0.05, 0) is 56.3 Å². The summed E-state index contributed by atoms with van der Waals surface area (Å²) in [6, 6.07) is 16.5. The van der Waals surface area contributed by atoms with E-state index in [2.05, 4.69) is 24.1 Å². The van der Waals surface area contributed by atoms with Gasteiger partial charge in [-0.1, -0.05) is 6.07 Å². The fourth-order valence-electron chi connectivity index (χ4n) is 2.99. The lowest BCUT2D eigenvalue weighted by atomic mass is 10.0. The number of anilines is 2. The number of nitrogens with one attached hydrogen (secondary N) is 1. The molecule has 0 atom stereocenters. The van der Waals surface area contributed by atoms with Gasteiger partial charge < -0.3 is 15.0 Å². The highest BCUT2D eigenvalue weighted by Crippen LogP contribution is 2.28. The molecule has 0 aromatic heterocycles. The first-order valence-electron chi connectivity index (χ1n) is 8.26. The first kappa shape index (κ1) is 17.0. The quantitative estimate of drug-likeness (QED) is 0.933. The molecular formula is C20H21N3O2. The largest absolute Gasteiger partial charge is 0.377 e. The Morgan fingerprint density at radius 2 is 2.00 bits per heavy atom. The molecule has 2 aromatic rings. The Morgan fingerprint density at radius 1 is 1.24 bits per heavy atom. The van der Waals surface area contributed by atoms with Crippen LogP contribution in [0.25, 0.3) is 0 Å². The van der Waals surface area contributed by atoms with Crippen molar-refractivity contribution in [3.8, 4) is 6.07 Å². The average Bonchev–Trinajstić information content (AvgIpc) is 2.62. The van der Waals surface area contributed by atoms with Gasteiger partial charge in [-0.25, -0.2) is 0 Å². The van der Waals surface area contributed by atoms with Gasteiger partial charge in [0.2, 0.25) is 0 Å². The SMILES string of the molecule is CC1(C)COCCN1c1ccc(NC(=O)c2cccc(C#N)c2)cc1. The van der Waals surface area contributed by atoms with Gasteiger partial charge in [0.05, 0.1) is 30.4 Å². The minimum Gasteiger partial charge on any atom is -0.377 e. The van der Waals surface area contributed by atoms with Crippen molar-refractivity contribution in [2.24, 2.45) is 0 Å². The molecule has 1 heterocycles. The highest BCUT2D eigenvalue weighted by atomic mass is 16.5. The van der Waals surface area contributed by atoms with Crippen molar-refractivity contribution in [2.45, 2.75) is 19.4 Å². The van der Waals surface area contributed by atoms with E-state index >= 15 is 0 Å². The van der Waals surface area contributed by atoms with Gasteiger partial charge in [-0.15, -0.1) is 0 Å².